The predicted molar refractivity (Wildman–Crippen MR) is 79.5 cm³/mol. The molecular formula is C17H21N. The summed E-state index contributed by atoms with van der Waals surface area (Å²) in [6.07, 6.45) is 3.67. The summed E-state index contributed by atoms with van der Waals surface area (Å²) in [6, 6.07) is 17.1. The fourth-order valence-electron chi connectivity index (χ4n) is 2.02. The van der Waals surface area contributed by atoms with E-state index in [4.69, 9.17) is 0 Å². The zero-order valence-corrected chi connectivity index (χ0v) is 11.2. The Bertz CT molecular complexity index is 488. The van der Waals surface area contributed by atoms with Crippen molar-refractivity contribution in [3.63, 3.8) is 0 Å². The molecular weight excluding hydrogens is 218 g/mol. The second-order valence-corrected chi connectivity index (χ2v) is 4.74. The molecule has 0 bridgehead atoms. The van der Waals surface area contributed by atoms with E-state index in [1.54, 1.807) is 0 Å². The van der Waals surface area contributed by atoms with Gasteiger partial charge in [-0.3, -0.25) is 0 Å². The molecule has 0 aliphatic heterocycles. The van der Waals surface area contributed by atoms with Crippen LogP contribution in [0, 0.1) is 6.92 Å². The van der Waals surface area contributed by atoms with Crippen molar-refractivity contribution in [2.45, 2.75) is 33.1 Å². The van der Waals surface area contributed by atoms with Crippen LogP contribution in [0.4, 0.5) is 11.4 Å². The Kier molecular flexibility index (Phi) is 4.40. The zero-order valence-electron chi connectivity index (χ0n) is 11.2. The average Bonchev–Trinajstić information content (AvgIpc) is 2.41. The summed E-state index contributed by atoms with van der Waals surface area (Å²) in [6.45, 7) is 4.38. The number of aryl methyl sites for hydroxylation is 2. The molecule has 0 fully saturated rings. The van der Waals surface area contributed by atoms with Gasteiger partial charge in [-0.15, -0.1) is 0 Å². The summed E-state index contributed by atoms with van der Waals surface area (Å²) in [5.74, 6) is 0. The van der Waals surface area contributed by atoms with Crippen molar-refractivity contribution in [1.29, 1.82) is 0 Å². The van der Waals surface area contributed by atoms with Crippen molar-refractivity contribution in [2.75, 3.05) is 5.32 Å². The smallest absolute Gasteiger partial charge is 0.0416 e. The van der Waals surface area contributed by atoms with Crippen molar-refractivity contribution in [3.8, 4) is 0 Å². The molecule has 0 saturated carbocycles. The van der Waals surface area contributed by atoms with Gasteiger partial charge >= 0.3 is 0 Å². The standard InChI is InChI=1S/C17H21N/c1-3-4-8-15-12-11-14(2)17(13-15)18-16-9-6-5-7-10-16/h5-7,9-13,18H,3-4,8H2,1-2H3. The minimum absolute atomic E-state index is 1.15. The molecule has 18 heavy (non-hydrogen) atoms. The van der Waals surface area contributed by atoms with Gasteiger partial charge in [-0.05, 0) is 49.1 Å². The van der Waals surface area contributed by atoms with Crippen molar-refractivity contribution >= 4 is 11.4 Å². The highest BCUT2D eigenvalue weighted by Gasteiger charge is 2.01. The van der Waals surface area contributed by atoms with Crippen LogP contribution in [0.5, 0.6) is 0 Å². The Morgan fingerprint density at radius 2 is 1.78 bits per heavy atom. The lowest BCUT2D eigenvalue weighted by atomic mass is 10.0. The maximum atomic E-state index is 3.49. The largest absolute Gasteiger partial charge is 0.355 e. The van der Waals surface area contributed by atoms with Crippen molar-refractivity contribution in [1.82, 2.24) is 0 Å². The van der Waals surface area contributed by atoms with E-state index in [0.717, 1.165) is 5.69 Å². The number of hydrogen-bond acceptors (Lipinski definition) is 1. The molecule has 0 spiro atoms. The first-order valence-corrected chi connectivity index (χ1v) is 6.71. The highest BCUT2D eigenvalue weighted by atomic mass is 14.9. The van der Waals surface area contributed by atoms with Gasteiger partial charge in [0.1, 0.15) is 0 Å². The number of rotatable bonds is 5. The molecule has 0 heterocycles. The van der Waals surface area contributed by atoms with Crippen molar-refractivity contribution in [3.05, 3.63) is 59.7 Å². The van der Waals surface area contributed by atoms with Crippen LogP contribution in [0.15, 0.2) is 48.5 Å². The zero-order chi connectivity index (χ0) is 12.8. The van der Waals surface area contributed by atoms with E-state index in [1.165, 1.54) is 36.1 Å². The van der Waals surface area contributed by atoms with Gasteiger partial charge in [0.25, 0.3) is 0 Å². The minimum Gasteiger partial charge on any atom is -0.355 e. The van der Waals surface area contributed by atoms with Crippen LogP contribution in [-0.2, 0) is 6.42 Å². The highest BCUT2D eigenvalue weighted by molar-refractivity contribution is 5.63. The van der Waals surface area contributed by atoms with Crippen LogP contribution in [0.25, 0.3) is 0 Å². The molecule has 1 nitrogen and oxygen atoms in total. The molecule has 2 rings (SSSR count). The molecule has 2 aromatic rings. The van der Waals surface area contributed by atoms with E-state index in [1.807, 2.05) is 6.07 Å². The van der Waals surface area contributed by atoms with Crippen LogP contribution in [0.1, 0.15) is 30.9 Å². The van der Waals surface area contributed by atoms with Crippen molar-refractivity contribution < 1.29 is 0 Å². The van der Waals surface area contributed by atoms with E-state index in [9.17, 15) is 0 Å². The number of anilines is 2. The maximum absolute atomic E-state index is 3.49. The summed E-state index contributed by atoms with van der Waals surface area (Å²) < 4.78 is 0. The van der Waals surface area contributed by atoms with Gasteiger partial charge in [-0.2, -0.15) is 0 Å². The number of benzene rings is 2. The second kappa shape index (κ2) is 6.25. The van der Waals surface area contributed by atoms with E-state index >= 15 is 0 Å². The summed E-state index contributed by atoms with van der Waals surface area (Å²) >= 11 is 0. The number of para-hydroxylation sites is 1. The Morgan fingerprint density at radius 3 is 2.50 bits per heavy atom. The minimum atomic E-state index is 1.15. The van der Waals surface area contributed by atoms with Gasteiger partial charge in [0.2, 0.25) is 0 Å². The van der Waals surface area contributed by atoms with Crippen LogP contribution < -0.4 is 5.32 Å². The molecule has 0 saturated heterocycles. The number of unbranched alkanes of at least 4 members (excludes halogenated alkanes) is 1. The summed E-state index contributed by atoms with van der Waals surface area (Å²) in [5.41, 5.74) is 5.07. The third-order valence-corrected chi connectivity index (χ3v) is 3.17. The second-order valence-electron chi connectivity index (χ2n) is 4.74. The third kappa shape index (κ3) is 3.36. The van der Waals surface area contributed by atoms with Crippen LogP contribution >= 0.6 is 0 Å². The van der Waals surface area contributed by atoms with Gasteiger partial charge in [0.15, 0.2) is 0 Å². The molecule has 0 aromatic heterocycles. The summed E-state index contributed by atoms with van der Waals surface area (Å²) in [4.78, 5) is 0. The lowest BCUT2D eigenvalue weighted by molar-refractivity contribution is 0.795. The molecule has 94 valence electrons. The molecule has 1 N–H and O–H groups in total. The third-order valence-electron chi connectivity index (χ3n) is 3.17. The van der Waals surface area contributed by atoms with Crippen LogP contribution in [-0.4, -0.2) is 0 Å². The quantitative estimate of drug-likeness (QED) is 0.767. The summed E-state index contributed by atoms with van der Waals surface area (Å²) in [5, 5.41) is 3.49. The number of nitrogens with one attached hydrogen (secondary N) is 1. The van der Waals surface area contributed by atoms with E-state index < -0.39 is 0 Å². The van der Waals surface area contributed by atoms with E-state index in [2.05, 4.69) is 61.6 Å². The Balaban J connectivity index is 2.16. The Hall–Kier alpha value is -1.76. The van der Waals surface area contributed by atoms with Gasteiger partial charge in [-0.1, -0.05) is 43.7 Å². The van der Waals surface area contributed by atoms with Gasteiger partial charge in [-0.25, -0.2) is 0 Å². The summed E-state index contributed by atoms with van der Waals surface area (Å²) in [7, 11) is 0. The van der Waals surface area contributed by atoms with Gasteiger partial charge in [0, 0.05) is 11.4 Å². The van der Waals surface area contributed by atoms with Gasteiger partial charge in [0.05, 0.1) is 0 Å². The lowest BCUT2D eigenvalue weighted by Gasteiger charge is -2.11. The van der Waals surface area contributed by atoms with Crippen molar-refractivity contribution in [2.24, 2.45) is 0 Å². The SMILES string of the molecule is CCCCc1ccc(C)c(Nc2ccccc2)c1. The fraction of sp³-hybridized carbons (Fsp3) is 0.294. The molecule has 0 atom stereocenters. The Morgan fingerprint density at radius 1 is 1.00 bits per heavy atom. The first-order valence-electron chi connectivity index (χ1n) is 6.71. The average molecular weight is 239 g/mol. The van der Waals surface area contributed by atoms with Crippen LogP contribution in [0.2, 0.25) is 0 Å². The molecule has 1 heteroatoms. The topological polar surface area (TPSA) is 12.0 Å². The normalized spacial score (nSPS) is 10.3. The van der Waals surface area contributed by atoms with E-state index in [0.29, 0.717) is 0 Å². The Labute approximate surface area is 110 Å². The van der Waals surface area contributed by atoms with Crippen LogP contribution in [0.3, 0.4) is 0 Å². The highest BCUT2D eigenvalue weighted by Crippen LogP contribution is 2.22. The number of hydrogen-bond donors (Lipinski definition) is 1. The molecule has 0 radical (unpaired) electrons. The molecule has 0 aliphatic carbocycles. The van der Waals surface area contributed by atoms with Gasteiger partial charge < -0.3 is 5.32 Å². The monoisotopic (exact) mass is 239 g/mol. The molecule has 0 unspecified atom stereocenters. The fourth-order valence-corrected chi connectivity index (χ4v) is 2.02. The maximum Gasteiger partial charge on any atom is 0.0416 e. The first-order chi connectivity index (χ1) is 8.79. The molecule has 2 aromatic carbocycles. The first kappa shape index (κ1) is 12.7. The van der Waals surface area contributed by atoms with E-state index in [-0.39, 0.29) is 0 Å². The molecule has 0 amide bonds. The lowest BCUT2D eigenvalue weighted by Crippen LogP contribution is -1.95. The molecule has 0 aliphatic rings. The predicted octanol–water partition coefficient (Wildman–Crippen LogP) is 5.08.